The van der Waals surface area contributed by atoms with Crippen molar-refractivity contribution < 1.29 is 0 Å². The van der Waals surface area contributed by atoms with Crippen LogP contribution in [0.25, 0.3) is 247 Å². The predicted molar refractivity (Wildman–Crippen MR) is 492 cm³/mol. The molecule has 13 heteroatoms. The van der Waals surface area contributed by atoms with Gasteiger partial charge in [-0.15, -0.1) is 45.3 Å². The molecule has 15 aromatic carbocycles. The largest absolute Gasteiger partial charge is 0.308 e. The van der Waals surface area contributed by atoms with Crippen molar-refractivity contribution in [3.05, 3.63) is 346 Å². The van der Waals surface area contributed by atoms with Gasteiger partial charge in [0.05, 0.1) is 66.9 Å². The number of hydrogen-bond acceptors (Lipinski definition) is 9. The molecule has 0 aliphatic heterocycles. The second-order valence-electron chi connectivity index (χ2n) is 30.1. The molecule has 0 aliphatic carbocycles. The molecule has 11 aromatic heterocycles. The Morgan fingerprint density at radius 1 is 0.198 bits per heavy atom. The van der Waals surface area contributed by atoms with Crippen molar-refractivity contribution in [3.63, 3.8) is 0 Å². The van der Waals surface area contributed by atoms with E-state index in [4.69, 9.17) is 24.9 Å². The van der Waals surface area contributed by atoms with Gasteiger partial charge in [-0.25, -0.2) is 15.0 Å². The van der Waals surface area contributed by atoms with Gasteiger partial charge in [0.1, 0.15) is 0 Å². The molecule has 26 aromatic rings. The molecule has 0 fully saturated rings. The monoisotopic (exact) mass is 1550 g/mol. The van der Waals surface area contributed by atoms with Gasteiger partial charge in [0.2, 0.25) is 0 Å². The van der Waals surface area contributed by atoms with Crippen LogP contribution in [0.4, 0.5) is 0 Å². The Labute approximate surface area is 676 Å². The summed E-state index contributed by atoms with van der Waals surface area (Å²) in [7, 11) is 0. The Morgan fingerprint density at radius 2 is 0.483 bits per heavy atom. The normalized spacial score (nSPS) is 12.3. The average molecular weight is 1550 g/mol. The van der Waals surface area contributed by atoms with Gasteiger partial charge in [0.15, 0.2) is 17.5 Å². The van der Waals surface area contributed by atoms with Crippen LogP contribution in [-0.2, 0) is 0 Å². The third-order valence-electron chi connectivity index (χ3n) is 24.0. The van der Waals surface area contributed by atoms with E-state index >= 15 is 0 Å². The van der Waals surface area contributed by atoms with Gasteiger partial charge in [-0.2, -0.15) is 0 Å². The van der Waals surface area contributed by atoms with E-state index in [2.05, 4.69) is 340 Å². The predicted octanol–water partition coefficient (Wildman–Crippen LogP) is 28.9. The van der Waals surface area contributed by atoms with Gasteiger partial charge < -0.3 is 18.3 Å². The van der Waals surface area contributed by atoms with Crippen molar-refractivity contribution >= 4 is 213 Å². The lowest BCUT2D eigenvalue weighted by Gasteiger charge is -2.19. The van der Waals surface area contributed by atoms with E-state index in [0.29, 0.717) is 17.5 Å². The number of fused-ring (bicyclic) bond motifs is 28. The van der Waals surface area contributed by atoms with Crippen LogP contribution in [0.2, 0.25) is 0 Å². The molecule has 9 nitrogen and oxygen atoms in total. The first-order valence-electron chi connectivity index (χ1n) is 38.9. The number of aromatic nitrogens is 9. The summed E-state index contributed by atoms with van der Waals surface area (Å²) >= 11 is 7.45. The molecule has 26 rings (SSSR count). The number of hydrogen-bond donors (Lipinski definition) is 0. The lowest BCUT2D eigenvalue weighted by Crippen LogP contribution is -2.06. The number of thiophene rings is 4. The van der Waals surface area contributed by atoms with Crippen molar-refractivity contribution in [1.29, 1.82) is 0 Å². The summed E-state index contributed by atoms with van der Waals surface area (Å²) in [6, 6.07) is 118. The Morgan fingerprint density at radius 3 is 0.819 bits per heavy atom. The molecule has 0 unspecified atom stereocenters. The van der Waals surface area contributed by atoms with Gasteiger partial charge in [-0.3, -0.25) is 9.97 Å². The van der Waals surface area contributed by atoms with Crippen LogP contribution in [0.15, 0.2) is 346 Å². The summed E-state index contributed by atoms with van der Waals surface area (Å²) in [6.07, 6.45) is 7.93. The second-order valence-corrected chi connectivity index (χ2v) is 34.3. The van der Waals surface area contributed by atoms with E-state index in [0.717, 1.165) is 117 Å². The highest BCUT2D eigenvalue weighted by molar-refractivity contribution is 7.28. The molecule has 0 bridgehead atoms. The highest BCUT2D eigenvalue weighted by atomic mass is 32.1. The van der Waals surface area contributed by atoms with E-state index in [1.807, 2.05) is 70.1 Å². The SMILES string of the molecule is c1ccc(-c2nc(-c3cc(-c4cnccc4-n4c5ccccc5c5c6sc7ccccc7c6ccc54)ccc3-n3c4ccccc4c4c5sc6ccccc6c5ccc43)nc(-c3cc(-c4cnccc4-n4c5ccccc5c5c6sc7ccccc7c6ccc54)ccc3-n3c4ccccc4c4c5sc6ccccc6c5ccc43)n2)cc1. The number of pyridine rings is 2. The van der Waals surface area contributed by atoms with Gasteiger partial charge in [-0.05, 0) is 120 Å². The smallest absolute Gasteiger partial charge is 0.166 e. The van der Waals surface area contributed by atoms with Gasteiger partial charge >= 0.3 is 0 Å². The maximum Gasteiger partial charge on any atom is 0.166 e. The number of para-hydroxylation sites is 4. The van der Waals surface area contributed by atoms with Gasteiger partial charge in [0, 0.05) is 176 Å². The molecule has 0 N–H and O–H groups in total. The van der Waals surface area contributed by atoms with Crippen molar-refractivity contribution in [3.8, 4) is 79.2 Å². The zero-order valence-electron chi connectivity index (χ0n) is 61.6. The fourth-order valence-electron chi connectivity index (χ4n) is 19.1. The van der Waals surface area contributed by atoms with E-state index in [1.165, 1.54) is 113 Å². The number of rotatable bonds is 9. The van der Waals surface area contributed by atoms with Crippen molar-refractivity contribution in [1.82, 2.24) is 43.2 Å². The first-order chi connectivity index (χ1) is 57.6. The molecule has 0 amide bonds. The summed E-state index contributed by atoms with van der Waals surface area (Å²) in [5.74, 6) is 1.53. The van der Waals surface area contributed by atoms with Crippen LogP contribution in [0.1, 0.15) is 0 Å². The first kappa shape index (κ1) is 64.2. The van der Waals surface area contributed by atoms with E-state index in [9.17, 15) is 0 Å². The van der Waals surface area contributed by atoms with Crippen LogP contribution >= 0.6 is 45.3 Å². The highest BCUT2D eigenvalue weighted by Crippen LogP contribution is 2.52. The molecular formula is C103H57N9S4. The summed E-state index contributed by atoms with van der Waals surface area (Å²) in [5.41, 5.74) is 18.8. The topological polar surface area (TPSA) is 84.2 Å². The van der Waals surface area contributed by atoms with E-state index in [1.54, 1.807) is 0 Å². The summed E-state index contributed by atoms with van der Waals surface area (Å²) in [6.45, 7) is 0. The molecule has 0 aliphatic rings. The maximum atomic E-state index is 6.11. The standard InChI is InChI=1S/C103H57N9S4/c1-2-20-58(21-3-1)101-106-102(73-54-59(38-44-81(73)109-77-30-12-4-26-69(77)93-85(109)46-40-65-61-22-8-16-34-89(61)113-97(65)93)75-56-104-52-50-83(75)111-79-32-14-6-28-71(79)95-87(111)48-42-67-63-24-10-18-36-91(63)115-99(67)95)108-103(107-101)74-55-60(39-45-82(74)110-78-31-13-5-27-70(78)94-86(110)47-41-66-62-23-9-17-35-90(62)114-98(66)94)76-57-105-53-51-84(76)112-80-33-15-7-29-72(80)96-88(112)49-43-68-64-25-11-19-37-92(64)116-100(68)96/h1-57H. The van der Waals surface area contributed by atoms with Crippen LogP contribution in [0, 0.1) is 0 Å². The lowest BCUT2D eigenvalue weighted by molar-refractivity contribution is 1.06. The molecule has 538 valence electrons. The fraction of sp³-hybridized carbons (Fsp3) is 0. The summed E-state index contributed by atoms with van der Waals surface area (Å²) < 4.78 is 19.9. The third-order valence-corrected chi connectivity index (χ3v) is 28.9. The van der Waals surface area contributed by atoms with Crippen LogP contribution in [0.5, 0.6) is 0 Å². The number of nitrogens with zero attached hydrogens (tertiary/aromatic N) is 9. The highest BCUT2D eigenvalue weighted by Gasteiger charge is 2.29. The molecule has 0 spiro atoms. The quantitative estimate of drug-likeness (QED) is 0.144. The third kappa shape index (κ3) is 9.15. The van der Waals surface area contributed by atoms with E-state index in [-0.39, 0.29) is 0 Å². The minimum atomic E-state index is 0.500. The second kappa shape index (κ2) is 24.6. The number of benzene rings is 15. The van der Waals surface area contributed by atoms with Crippen molar-refractivity contribution in [2.75, 3.05) is 0 Å². The fourth-order valence-corrected chi connectivity index (χ4v) is 24.1. The van der Waals surface area contributed by atoms with E-state index < -0.39 is 0 Å². The van der Waals surface area contributed by atoms with Gasteiger partial charge in [0.25, 0.3) is 0 Å². The minimum absolute atomic E-state index is 0.500. The molecular weight excluding hydrogens is 1490 g/mol. The molecule has 0 radical (unpaired) electrons. The van der Waals surface area contributed by atoms with Crippen LogP contribution in [-0.4, -0.2) is 43.2 Å². The lowest BCUT2D eigenvalue weighted by atomic mass is 9.99. The first-order valence-corrected chi connectivity index (χ1v) is 42.2. The Hall–Kier alpha value is -14.3. The molecule has 116 heavy (non-hydrogen) atoms. The Balaban J connectivity index is 0.763. The molecule has 11 heterocycles. The van der Waals surface area contributed by atoms with Gasteiger partial charge in [-0.1, -0.05) is 212 Å². The zero-order chi connectivity index (χ0) is 75.5. The summed E-state index contributed by atoms with van der Waals surface area (Å²) in [4.78, 5) is 27.8. The average Bonchev–Trinajstić information content (AvgIpc) is 1.56. The molecule has 0 atom stereocenters. The maximum absolute atomic E-state index is 6.11. The minimum Gasteiger partial charge on any atom is -0.308 e. The van der Waals surface area contributed by atoms with Crippen LogP contribution < -0.4 is 0 Å². The zero-order valence-corrected chi connectivity index (χ0v) is 64.8. The van der Waals surface area contributed by atoms with Crippen molar-refractivity contribution in [2.45, 2.75) is 0 Å². The van der Waals surface area contributed by atoms with Crippen LogP contribution in [0.3, 0.4) is 0 Å². The molecule has 0 saturated carbocycles. The molecule has 0 saturated heterocycles. The Kier molecular flexibility index (Phi) is 13.6. The Bertz CT molecular complexity index is 8280. The van der Waals surface area contributed by atoms with Crippen molar-refractivity contribution in [2.24, 2.45) is 0 Å². The summed E-state index contributed by atoms with van der Waals surface area (Å²) in [5, 5.41) is 19.7.